The van der Waals surface area contributed by atoms with Gasteiger partial charge in [-0.15, -0.1) is 11.8 Å². The molecule has 0 aliphatic carbocycles. The molecule has 1 N–H and O–H groups in total. The van der Waals surface area contributed by atoms with Crippen molar-refractivity contribution in [2.45, 2.75) is 17.9 Å². The van der Waals surface area contributed by atoms with Crippen molar-refractivity contribution < 1.29 is 9.59 Å². The van der Waals surface area contributed by atoms with Crippen LogP contribution in [-0.4, -0.2) is 34.4 Å². The maximum atomic E-state index is 12.8. The van der Waals surface area contributed by atoms with Crippen LogP contribution in [0, 0.1) is 5.92 Å². The fourth-order valence-electron chi connectivity index (χ4n) is 3.47. The van der Waals surface area contributed by atoms with E-state index < -0.39 is 0 Å². The molecule has 0 spiro atoms. The number of carbonyl (C=O) groups excluding carboxylic acids is 2. The van der Waals surface area contributed by atoms with Crippen LogP contribution in [-0.2, 0) is 16.1 Å². The summed E-state index contributed by atoms with van der Waals surface area (Å²) in [6, 6.07) is 17.4. The number of hydrogen-bond acceptors (Lipinski definition) is 4. The molecule has 2 heterocycles. The summed E-state index contributed by atoms with van der Waals surface area (Å²) in [5.41, 5.74) is 2.61. The van der Waals surface area contributed by atoms with Gasteiger partial charge in [-0.3, -0.25) is 14.3 Å². The monoisotopic (exact) mass is 406 g/mol. The van der Waals surface area contributed by atoms with Crippen LogP contribution in [0.25, 0.3) is 0 Å². The smallest absolute Gasteiger partial charge is 0.229 e. The van der Waals surface area contributed by atoms with Gasteiger partial charge in [-0.05, 0) is 54.3 Å². The largest absolute Gasteiger partial charge is 0.326 e. The van der Waals surface area contributed by atoms with Gasteiger partial charge in [-0.2, -0.15) is 5.10 Å². The number of anilines is 2. The minimum Gasteiger partial charge on any atom is -0.326 e. The lowest BCUT2D eigenvalue weighted by Gasteiger charge is -2.17. The molecule has 1 aliphatic heterocycles. The molecular formula is C22H22N4O2S. The van der Waals surface area contributed by atoms with Crippen molar-refractivity contribution in [3.8, 4) is 0 Å². The third-order valence-corrected chi connectivity index (χ3v) is 5.72. The molecule has 1 saturated heterocycles. The van der Waals surface area contributed by atoms with Crippen molar-refractivity contribution in [3.05, 3.63) is 72.6 Å². The zero-order valence-corrected chi connectivity index (χ0v) is 16.9. The summed E-state index contributed by atoms with van der Waals surface area (Å²) < 4.78 is 1.83. The zero-order chi connectivity index (χ0) is 20.2. The zero-order valence-electron chi connectivity index (χ0n) is 16.1. The van der Waals surface area contributed by atoms with Gasteiger partial charge in [-0.1, -0.05) is 12.1 Å². The van der Waals surface area contributed by atoms with Gasteiger partial charge in [0.15, 0.2) is 0 Å². The summed E-state index contributed by atoms with van der Waals surface area (Å²) >= 11 is 1.66. The number of benzene rings is 2. The van der Waals surface area contributed by atoms with Crippen LogP contribution in [0.3, 0.4) is 0 Å². The molecule has 2 amide bonds. The van der Waals surface area contributed by atoms with E-state index in [4.69, 9.17) is 0 Å². The number of rotatable bonds is 6. The third kappa shape index (κ3) is 4.51. The fourth-order valence-corrected chi connectivity index (χ4v) is 3.88. The molecule has 0 bridgehead atoms. The Morgan fingerprint density at radius 3 is 2.76 bits per heavy atom. The third-order valence-electron chi connectivity index (χ3n) is 4.98. The predicted molar refractivity (Wildman–Crippen MR) is 115 cm³/mol. The highest BCUT2D eigenvalue weighted by molar-refractivity contribution is 7.98. The normalized spacial score (nSPS) is 16.2. The van der Waals surface area contributed by atoms with E-state index >= 15 is 0 Å². The average molecular weight is 407 g/mol. The molecule has 7 heteroatoms. The van der Waals surface area contributed by atoms with Crippen molar-refractivity contribution in [1.29, 1.82) is 0 Å². The van der Waals surface area contributed by atoms with Crippen molar-refractivity contribution in [1.82, 2.24) is 9.78 Å². The second-order valence-corrected chi connectivity index (χ2v) is 7.88. The Morgan fingerprint density at radius 1 is 1.21 bits per heavy atom. The highest BCUT2D eigenvalue weighted by Crippen LogP contribution is 2.28. The summed E-state index contributed by atoms with van der Waals surface area (Å²) in [4.78, 5) is 28.1. The van der Waals surface area contributed by atoms with Gasteiger partial charge in [0, 0.05) is 41.6 Å². The van der Waals surface area contributed by atoms with Crippen LogP contribution in [0.4, 0.5) is 11.4 Å². The Kier molecular flexibility index (Phi) is 5.67. The first-order valence-electron chi connectivity index (χ1n) is 9.44. The van der Waals surface area contributed by atoms with Gasteiger partial charge in [0.2, 0.25) is 11.8 Å². The number of aromatic nitrogens is 2. The van der Waals surface area contributed by atoms with E-state index in [0.29, 0.717) is 13.1 Å². The Balaban J connectivity index is 1.40. The number of thioether (sulfide) groups is 1. The molecule has 1 atom stereocenters. The van der Waals surface area contributed by atoms with E-state index in [-0.39, 0.29) is 24.2 Å². The van der Waals surface area contributed by atoms with Gasteiger partial charge in [-0.25, -0.2) is 0 Å². The van der Waals surface area contributed by atoms with Gasteiger partial charge >= 0.3 is 0 Å². The molecule has 6 nitrogen and oxygen atoms in total. The second kappa shape index (κ2) is 8.53. The van der Waals surface area contributed by atoms with E-state index in [0.717, 1.165) is 21.8 Å². The lowest BCUT2D eigenvalue weighted by Crippen LogP contribution is -2.28. The highest BCUT2D eigenvalue weighted by atomic mass is 32.2. The van der Waals surface area contributed by atoms with E-state index in [1.54, 1.807) is 22.9 Å². The molecule has 148 valence electrons. The number of nitrogens with zero attached hydrogens (tertiary/aromatic N) is 3. The molecule has 0 radical (unpaired) electrons. The standard InChI is InChI=1S/C22H22N4O2S/c1-29-20-8-6-19(7-9-20)26-15-17(13-21(26)27)22(28)24-18-5-2-4-16(12-18)14-25-11-3-10-23-25/h2-12,17H,13-15H2,1H3,(H,24,28). The number of carbonyl (C=O) groups is 2. The second-order valence-electron chi connectivity index (χ2n) is 7.00. The molecule has 1 aliphatic rings. The predicted octanol–water partition coefficient (Wildman–Crippen LogP) is 3.64. The van der Waals surface area contributed by atoms with E-state index in [9.17, 15) is 9.59 Å². The van der Waals surface area contributed by atoms with Crippen LogP contribution < -0.4 is 10.2 Å². The Bertz CT molecular complexity index is 1000. The van der Waals surface area contributed by atoms with Gasteiger partial charge in [0.1, 0.15) is 0 Å². The van der Waals surface area contributed by atoms with Gasteiger partial charge < -0.3 is 10.2 Å². The number of nitrogens with one attached hydrogen (secondary N) is 1. The first kappa shape index (κ1) is 19.3. The van der Waals surface area contributed by atoms with Gasteiger partial charge in [0.05, 0.1) is 12.5 Å². The van der Waals surface area contributed by atoms with Crippen LogP contribution in [0.2, 0.25) is 0 Å². The maximum Gasteiger partial charge on any atom is 0.229 e. The van der Waals surface area contributed by atoms with E-state index in [1.807, 2.05) is 71.7 Å². The summed E-state index contributed by atoms with van der Waals surface area (Å²) in [6.45, 7) is 1.04. The summed E-state index contributed by atoms with van der Waals surface area (Å²) in [7, 11) is 0. The number of amides is 2. The van der Waals surface area contributed by atoms with Gasteiger partial charge in [0.25, 0.3) is 0 Å². The summed E-state index contributed by atoms with van der Waals surface area (Å²) in [5.74, 6) is -0.509. The fraction of sp³-hybridized carbons (Fsp3) is 0.227. The van der Waals surface area contributed by atoms with E-state index in [1.165, 1.54) is 0 Å². The average Bonchev–Trinajstić information content (AvgIpc) is 3.38. The molecular weight excluding hydrogens is 384 g/mol. The summed E-state index contributed by atoms with van der Waals surface area (Å²) in [6.07, 6.45) is 5.88. The highest BCUT2D eigenvalue weighted by Gasteiger charge is 2.35. The van der Waals surface area contributed by atoms with Crippen LogP contribution in [0.5, 0.6) is 0 Å². The van der Waals surface area contributed by atoms with Crippen molar-refractivity contribution in [3.63, 3.8) is 0 Å². The first-order chi connectivity index (χ1) is 14.1. The maximum absolute atomic E-state index is 12.8. The topological polar surface area (TPSA) is 67.2 Å². The summed E-state index contributed by atoms with van der Waals surface area (Å²) in [5, 5.41) is 7.17. The molecule has 2 aromatic carbocycles. The van der Waals surface area contributed by atoms with E-state index in [2.05, 4.69) is 10.4 Å². The Labute approximate surface area is 173 Å². The SMILES string of the molecule is CSc1ccc(N2CC(C(=O)Nc3cccc(Cn4cccn4)c3)CC2=O)cc1. The molecule has 3 aromatic rings. The van der Waals surface area contributed by atoms with Crippen molar-refractivity contribution in [2.24, 2.45) is 5.92 Å². The first-order valence-corrected chi connectivity index (χ1v) is 10.7. The Morgan fingerprint density at radius 2 is 2.03 bits per heavy atom. The van der Waals surface area contributed by atoms with Crippen LogP contribution in [0.15, 0.2) is 71.9 Å². The van der Waals surface area contributed by atoms with Crippen molar-refractivity contribution in [2.75, 3.05) is 23.0 Å². The lowest BCUT2D eigenvalue weighted by atomic mass is 10.1. The molecule has 1 fully saturated rings. The van der Waals surface area contributed by atoms with Crippen molar-refractivity contribution >= 4 is 35.0 Å². The molecule has 0 saturated carbocycles. The molecule has 1 aromatic heterocycles. The Hall–Kier alpha value is -3.06. The molecule has 4 rings (SSSR count). The lowest BCUT2D eigenvalue weighted by molar-refractivity contribution is -0.122. The van der Waals surface area contributed by atoms with Crippen LogP contribution >= 0.6 is 11.8 Å². The quantitative estimate of drug-likeness (QED) is 0.635. The minimum absolute atomic E-state index is 0.0190. The van der Waals surface area contributed by atoms with Crippen LogP contribution in [0.1, 0.15) is 12.0 Å². The number of hydrogen-bond donors (Lipinski definition) is 1. The molecule has 29 heavy (non-hydrogen) atoms. The minimum atomic E-state index is -0.363. The molecule has 1 unspecified atom stereocenters.